The van der Waals surface area contributed by atoms with Crippen LogP contribution in [0.5, 0.6) is 0 Å². The summed E-state index contributed by atoms with van der Waals surface area (Å²) in [6.45, 7) is 4.91. The molecular weight excluding hydrogens is 224 g/mol. The van der Waals surface area contributed by atoms with E-state index in [4.69, 9.17) is 16.0 Å². The maximum absolute atomic E-state index is 6.18. The van der Waals surface area contributed by atoms with E-state index in [0.29, 0.717) is 12.5 Å². The van der Waals surface area contributed by atoms with E-state index in [-0.39, 0.29) is 5.38 Å². The summed E-state index contributed by atoms with van der Waals surface area (Å²) in [4.78, 5) is 4.28. The van der Waals surface area contributed by atoms with Crippen LogP contribution in [0.2, 0.25) is 0 Å². The van der Waals surface area contributed by atoms with E-state index in [1.807, 2.05) is 12.1 Å². The molecule has 0 aromatic carbocycles. The molecule has 1 unspecified atom stereocenters. The molecule has 2 rings (SSSR count). The van der Waals surface area contributed by atoms with E-state index in [1.54, 1.807) is 12.5 Å². The summed E-state index contributed by atoms with van der Waals surface area (Å²) in [6.07, 6.45) is 3.39. The molecule has 86 valence electrons. The van der Waals surface area contributed by atoms with Crippen molar-refractivity contribution in [3.05, 3.63) is 24.6 Å². The Morgan fingerprint density at radius 3 is 3.00 bits per heavy atom. The number of aromatic nitrogens is 1. The zero-order valence-corrected chi connectivity index (χ0v) is 10.2. The first kappa shape index (κ1) is 11.3. The van der Waals surface area contributed by atoms with Crippen molar-refractivity contribution in [3.8, 4) is 0 Å². The average Bonchev–Trinajstić information content (AvgIpc) is 2.73. The molecule has 2 aromatic rings. The number of rotatable bonds is 4. The summed E-state index contributed by atoms with van der Waals surface area (Å²) in [7, 11) is 0. The largest absolute Gasteiger partial charge is 0.464 e. The minimum absolute atomic E-state index is 0.101. The Labute approximate surface area is 99.8 Å². The minimum Gasteiger partial charge on any atom is -0.464 e. The van der Waals surface area contributed by atoms with Gasteiger partial charge in [-0.3, -0.25) is 0 Å². The van der Waals surface area contributed by atoms with Gasteiger partial charge in [0.05, 0.1) is 17.0 Å². The molecule has 2 heterocycles. The Balaban J connectivity index is 2.12. The molecule has 1 atom stereocenters. The number of hydrogen-bond donors (Lipinski definition) is 1. The van der Waals surface area contributed by atoms with E-state index in [9.17, 15) is 0 Å². The molecule has 0 aliphatic carbocycles. The Morgan fingerprint density at radius 1 is 1.44 bits per heavy atom. The van der Waals surface area contributed by atoms with Crippen LogP contribution in [0.1, 0.15) is 13.8 Å². The zero-order chi connectivity index (χ0) is 11.5. The van der Waals surface area contributed by atoms with Crippen LogP contribution in [0.25, 0.3) is 11.0 Å². The summed E-state index contributed by atoms with van der Waals surface area (Å²) < 4.78 is 5.30. The summed E-state index contributed by atoms with van der Waals surface area (Å²) in [6, 6.07) is 3.75. The topological polar surface area (TPSA) is 38.1 Å². The van der Waals surface area contributed by atoms with Gasteiger partial charge in [-0.1, -0.05) is 13.8 Å². The smallest absolute Gasteiger partial charge is 0.139 e. The van der Waals surface area contributed by atoms with Gasteiger partial charge in [0.2, 0.25) is 0 Å². The fourth-order valence-corrected chi connectivity index (χ4v) is 1.54. The third-order valence-corrected chi connectivity index (χ3v) is 3.23. The van der Waals surface area contributed by atoms with Gasteiger partial charge in [-0.15, -0.1) is 11.6 Å². The highest BCUT2D eigenvalue weighted by molar-refractivity contribution is 6.21. The van der Waals surface area contributed by atoms with Gasteiger partial charge < -0.3 is 9.73 Å². The van der Waals surface area contributed by atoms with Crippen LogP contribution in [0.4, 0.5) is 5.82 Å². The highest BCUT2D eigenvalue weighted by atomic mass is 35.5. The molecule has 0 spiro atoms. The molecule has 3 nitrogen and oxygen atoms in total. The molecule has 2 aromatic heterocycles. The summed E-state index contributed by atoms with van der Waals surface area (Å²) in [5.41, 5.74) is 0.841. The van der Waals surface area contributed by atoms with Crippen LogP contribution in [0, 0.1) is 5.92 Å². The van der Waals surface area contributed by atoms with Crippen molar-refractivity contribution in [1.29, 1.82) is 0 Å². The summed E-state index contributed by atoms with van der Waals surface area (Å²) >= 11 is 6.18. The van der Waals surface area contributed by atoms with Gasteiger partial charge in [0.25, 0.3) is 0 Å². The van der Waals surface area contributed by atoms with E-state index in [0.717, 1.165) is 16.8 Å². The van der Waals surface area contributed by atoms with E-state index < -0.39 is 0 Å². The van der Waals surface area contributed by atoms with Gasteiger partial charge in [0.15, 0.2) is 0 Å². The number of hydrogen-bond acceptors (Lipinski definition) is 3. The van der Waals surface area contributed by atoms with Gasteiger partial charge in [-0.25, -0.2) is 4.98 Å². The molecule has 0 saturated heterocycles. The van der Waals surface area contributed by atoms with Crippen LogP contribution >= 0.6 is 11.6 Å². The normalized spacial score (nSPS) is 13.2. The fourth-order valence-electron chi connectivity index (χ4n) is 1.47. The zero-order valence-electron chi connectivity index (χ0n) is 9.40. The minimum atomic E-state index is 0.101. The highest BCUT2D eigenvalue weighted by Crippen LogP contribution is 2.22. The van der Waals surface area contributed by atoms with Crippen LogP contribution < -0.4 is 5.32 Å². The molecule has 0 aliphatic rings. The molecule has 0 saturated carbocycles. The number of anilines is 1. The molecule has 0 radical (unpaired) electrons. The van der Waals surface area contributed by atoms with Crippen LogP contribution in [0.15, 0.2) is 29.0 Å². The van der Waals surface area contributed by atoms with Gasteiger partial charge in [-0.05, 0) is 18.1 Å². The summed E-state index contributed by atoms with van der Waals surface area (Å²) in [5.74, 6) is 1.27. The van der Waals surface area contributed by atoms with Crippen LogP contribution in [-0.4, -0.2) is 16.9 Å². The van der Waals surface area contributed by atoms with E-state index >= 15 is 0 Å². The van der Waals surface area contributed by atoms with E-state index in [2.05, 4.69) is 24.1 Å². The third kappa shape index (κ3) is 2.30. The Morgan fingerprint density at radius 2 is 2.25 bits per heavy atom. The average molecular weight is 239 g/mol. The quantitative estimate of drug-likeness (QED) is 0.829. The first-order valence-corrected chi connectivity index (χ1v) is 5.82. The lowest BCUT2D eigenvalue weighted by Crippen LogP contribution is -2.20. The van der Waals surface area contributed by atoms with Gasteiger partial charge >= 0.3 is 0 Å². The Hall–Kier alpha value is -1.22. The molecule has 0 aliphatic heterocycles. The first-order valence-electron chi connectivity index (χ1n) is 5.38. The number of alkyl halides is 1. The standard InChI is InChI=1S/C12H15ClN2O/c1-8(2)10(13)7-15-12-9-4-6-16-11(9)3-5-14-12/h3-6,8,10H,7H2,1-2H3,(H,14,15). The maximum atomic E-state index is 6.18. The van der Waals surface area contributed by atoms with Crippen molar-refractivity contribution >= 4 is 28.4 Å². The predicted octanol–water partition coefficient (Wildman–Crippen LogP) is 3.50. The Bertz CT molecular complexity index is 467. The molecular formula is C12H15ClN2O. The second-order valence-electron chi connectivity index (χ2n) is 4.13. The SMILES string of the molecule is CC(C)C(Cl)CNc1nccc2occc12. The number of fused-ring (bicyclic) bond motifs is 1. The number of furan rings is 1. The second-order valence-corrected chi connectivity index (χ2v) is 4.69. The lowest BCUT2D eigenvalue weighted by Gasteiger charge is -2.14. The van der Waals surface area contributed by atoms with Crippen molar-refractivity contribution in [2.75, 3.05) is 11.9 Å². The van der Waals surface area contributed by atoms with Crippen molar-refractivity contribution in [2.24, 2.45) is 5.92 Å². The Kier molecular flexibility index (Phi) is 3.34. The van der Waals surface area contributed by atoms with Crippen molar-refractivity contribution in [2.45, 2.75) is 19.2 Å². The number of nitrogens with one attached hydrogen (secondary N) is 1. The molecule has 4 heteroatoms. The second kappa shape index (κ2) is 4.74. The number of halogens is 1. The lowest BCUT2D eigenvalue weighted by atomic mass is 10.1. The van der Waals surface area contributed by atoms with Crippen molar-refractivity contribution in [3.63, 3.8) is 0 Å². The molecule has 16 heavy (non-hydrogen) atoms. The van der Waals surface area contributed by atoms with Crippen LogP contribution in [0.3, 0.4) is 0 Å². The predicted molar refractivity (Wildman–Crippen MR) is 67.0 cm³/mol. The fraction of sp³-hybridized carbons (Fsp3) is 0.417. The third-order valence-electron chi connectivity index (χ3n) is 2.57. The van der Waals surface area contributed by atoms with Gasteiger partial charge in [0.1, 0.15) is 11.4 Å². The number of pyridine rings is 1. The first-order chi connectivity index (χ1) is 7.68. The molecule has 0 fully saturated rings. The lowest BCUT2D eigenvalue weighted by molar-refractivity contribution is 0.614. The monoisotopic (exact) mass is 238 g/mol. The van der Waals surface area contributed by atoms with Gasteiger partial charge in [-0.2, -0.15) is 0 Å². The highest BCUT2D eigenvalue weighted by Gasteiger charge is 2.10. The molecule has 1 N–H and O–H groups in total. The number of nitrogens with zero attached hydrogens (tertiary/aromatic N) is 1. The van der Waals surface area contributed by atoms with Crippen molar-refractivity contribution in [1.82, 2.24) is 4.98 Å². The van der Waals surface area contributed by atoms with Gasteiger partial charge in [0, 0.05) is 12.7 Å². The van der Waals surface area contributed by atoms with Crippen molar-refractivity contribution < 1.29 is 4.42 Å². The maximum Gasteiger partial charge on any atom is 0.139 e. The molecule has 0 bridgehead atoms. The van der Waals surface area contributed by atoms with Crippen LogP contribution in [-0.2, 0) is 0 Å². The summed E-state index contributed by atoms with van der Waals surface area (Å²) in [5, 5.41) is 4.35. The molecule has 0 amide bonds. The van der Waals surface area contributed by atoms with E-state index in [1.165, 1.54) is 0 Å².